The Bertz CT molecular complexity index is 726. The van der Waals surface area contributed by atoms with E-state index < -0.39 is 5.82 Å². The molecule has 1 atom stereocenters. The number of fused-ring (bicyclic) bond motifs is 1. The van der Waals surface area contributed by atoms with Gasteiger partial charge in [0.1, 0.15) is 11.3 Å². The zero-order valence-electron chi connectivity index (χ0n) is 12.7. The predicted molar refractivity (Wildman–Crippen MR) is 82.3 cm³/mol. The van der Waals surface area contributed by atoms with Crippen molar-refractivity contribution in [2.24, 2.45) is 0 Å². The van der Waals surface area contributed by atoms with Gasteiger partial charge in [-0.2, -0.15) is 0 Å². The van der Waals surface area contributed by atoms with Crippen molar-refractivity contribution in [3.05, 3.63) is 34.9 Å². The van der Waals surface area contributed by atoms with Crippen LogP contribution in [-0.2, 0) is 0 Å². The van der Waals surface area contributed by atoms with E-state index in [4.69, 9.17) is 0 Å². The van der Waals surface area contributed by atoms with Gasteiger partial charge in [-0.25, -0.2) is 14.4 Å². The number of aryl methyl sites for hydroxylation is 2. The highest BCUT2D eigenvalue weighted by atomic mass is 19.1. The molecular weight excluding hydrogens is 283 g/mol. The van der Waals surface area contributed by atoms with Crippen molar-refractivity contribution in [1.82, 2.24) is 20.6 Å². The molecule has 2 aromatic rings. The second kappa shape index (κ2) is 5.96. The smallest absolute Gasteiger partial charge is 0.253 e. The number of benzene rings is 1. The van der Waals surface area contributed by atoms with Gasteiger partial charge in [-0.05, 0) is 39.3 Å². The number of piperidine rings is 1. The second-order valence-electron chi connectivity index (χ2n) is 5.73. The molecule has 0 radical (unpaired) electrons. The van der Waals surface area contributed by atoms with Gasteiger partial charge in [0.05, 0.1) is 22.5 Å². The monoisotopic (exact) mass is 302 g/mol. The van der Waals surface area contributed by atoms with Crippen molar-refractivity contribution < 1.29 is 9.18 Å². The van der Waals surface area contributed by atoms with Crippen LogP contribution in [0.4, 0.5) is 4.39 Å². The third kappa shape index (κ3) is 2.92. The Balaban J connectivity index is 1.97. The van der Waals surface area contributed by atoms with E-state index in [-0.39, 0.29) is 17.5 Å². The minimum atomic E-state index is -0.475. The molecule has 2 N–H and O–H groups in total. The Morgan fingerprint density at radius 1 is 1.32 bits per heavy atom. The SMILES string of the molecule is Cc1nc2cc(F)cc(C(=O)N[C@H]3CCCNC3)c2nc1C. The minimum absolute atomic E-state index is 0.0686. The number of halogens is 1. The standard InChI is InChI=1S/C16H19FN4O/c1-9-10(2)20-15-13(6-11(17)7-14(15)19-9)16(22)21-12-4-3-5-18-8-12/h6-7,12,18H,3-5,8H2,1-2H3,(H,21,22)/t12-/m0/s1. The summed E-state index contributed by atoms with van der Waals surface area (Å²) in [5, 5.41) is 6.19. The Morgan fingerprint density at radius 3 is 2.82 bits per heavy atom. The van der Waals surface area contributed by atoms with Crippen molar-refractivity contribution in [1.29, 1.82) is 0 Å². The number of amides is 1. The number of carbonyl (C=O) groups is 1. The molecule has 0 saturated carbocycles. The van der Waals surface area contributed by atoms with Crippen molar-refractivity contribution in [2.75, 3.05) is 13.1 Å². The number of nitrogens with zero attached hydrogens (tertiary/aromatic N) is 2. The molecule has 0 unspecified atom stereocenters. The average molecular weight is 302 g/mol. The second-order valence-corrected chi connectivity index (χ2v) is 5.73. The van der Waals surface area contributed by atoms with E-state index in [1.807, 2.05) is 13.8 Å². The van der Waals surface area contributed by atoms with Gasteiger partial charge in [0.2, 0.25) is 0 Å². The van der Waals surface area contributed by atoms with Gasteiger partial charge >= 0.3 is 0 Å². The lowest BCUT2D eigenvalue weighted by molar-refractivity contribution is 0.0931. The molecule has 1 fully saturated rings. The third-order valence-corrected chi connectivity index (χ3v) is 4.02. The zero-order chi connectivity index (χ0) is 15.7. The lowest BCUT2D eigenvalue weighted by Gasteiger charge is -2.24. The van der Waals surface area contributed by atoms with Gasteiger partial charge in [-0.3, -0.25) is 4.79 Å². The molecule has 1 aliphatic rings. The molecule has 0 bridgehead atoms. The first-order chi connectivity index (χ1) is 10.5. The van der Waals surface area contributed by atoms with E-state index in [2.05, 4.69) is 20.6 Å². The Kier molecular flexibility index (Phi) is 4.02. The largest absolute Gasteiger partial charge is 0.348 e. The number of nitrogens with one attached hydrogen (secondary N) is 2. The van der Waals surface area contributed by atoms with Gasteiger partial charge in [-0.15, -0.1) is 0 Å². The molecule has 1 saturated heterocycles. The first-order valence-corrected chi connectivity index (χ1v) is 7.50. The Morgan fingerprint density at radius 2 is 2.09 bits per heavy atom. The summed E-state index contributed by atoms with van der Waals surface area (Å²) >= 11 is 0. The van der Waals surface area contributed by atoms with Crippen molar-refractivity contribution in [3.8, 4) is 0 Å². The van der Waals surface area contributed by atoms with E-state index in [0.29, 0.717) is 11.0 Å². The van der Waals surface area contributed by atoms with E-state index >= 15 is 0 Å². The van der Waals surface area contributed by atoms with Gasteiger partial charge in [-0.1, -0.05) is 0 Å². The van der Waals surface area contributed by atoms with Crippen LogP contribution < -0.4 is 10.6 Å². The molecule has 1 aromatic heterocycles. The van der Waals surface area contributed by atoms with Crippen LogP contribution in [0.25, 0.3) is 11.0 Å². The van der Waals surface area contributed by atoms with Gasteiger partial charge < -0.3 is 10.6 Å². The van der Waals surface area contributed by atoms with Crippen LogP contribution in [-0.4, -0.2) is 35.0 Å². The molecule has 2 heterocycles. The summed E-state index contributed by atoms with van der Waals surface area (Å²) in [6.07, 6.45) is 1.95. The molecule has 22 heavy (non-hydrogen) atoms. The summed E-state index contributed by atoms with van der Waals surface area (Å²) < 4.78 is 13.8. The van der Waals surface area contributed by atoms with Gasteiger partial charge in [0.25, 0.3) is 5.91 Å². The lowest BCUT2D eigenvalue weighted by Crippen LogP contribution is -2.45. The number of rotatable bonds is 2. The summed E-state index contributed by atoms with van der Waals surface area (Å²) in [4.78, 5) is 21.3. The number of hydrogen-bond donors (Lipinski definition) is 2. The number of aromatic nitrogens is 2. The summed E-state index contributed by atoms with van der Waals surface area (Å²) in [6, 6.07) is 2.62. The molecule has 5 nitrogen and oxygen atoms in total. The quantitative estimate of drug-likeness (QED) is 0.889. The van der Waals surface area contributed by atoms with E-state index in [1.165, 1.54) is 12.1 Å². The highest BCUT2D eigenvalue weighted by Gasteiger charge is 2.20. The first-order valence-electron chi connectivity index (χ1n) is 7.50. The van der Waals surface area contributed by atoms with E-state index in [9.17, 15) is 9.18 Å². The van der Waals surface area contributed by atoms with E-state index in [1.54, 1.807) is 0 Å². The molecule has 6 heteroatoms. The maximum absolute atomic E-state index is 13.8. The fraction of sp³-hybridized carbons (Fsp3) is 0.438. The van der Waals surface area contributed by atoms with Crippen LogP contribution in [0.3, 0.4) is 0 Å². The Labute approximate surface area is 128 Å². The maximum Gasteiger partial charge on any atom is 0.253 e. The van der Waals surface area contributed by atoms with Crippen molar-refractivity contribution in [2.45, 2.75) is 32.7 Å². The maximum atomic E-state index is 13.8. The van der Waals surface area contributed by atoms with Crippen LogP contribution in [0, 0.1) is 19.7 Å². The summed E-state index contributed by atoms with van der Waals surface area (Å²) in [5.41, 5.74) is 2.59. The molecule has 3 rings (SSSR count). The molecular formula is C16H19FN4O. The van der Waals surface area contributed by atoms with Crippen LogP contribution in [0.1, 0.15) is 34.6 Å². The molecule has 1 amide bonds. The van der Waals surface area contributed by atoms with Crippen molar-refractivity contribution >= 4 is 16.9 Å². The van der Waals surface area contributed by atoms with Crippen LogP contribution in [0.15, 0.2) is 12.1 Å². The highest BCUT2D eigenvalue weighted by Crippen LogP contribution is 2.19. The molecule has 0 spiro atoms. The first kappa shape index (κ1) is 14.8. The van der Waals surface area contributed by atoms with Crippen LogP contribution in [0.2, 0.25) is 0 Å². The summed E-state index contributed by atoms with van der Waals surface area (Å²) in [5.74, 6) is -0.771. The van der Waals surface area contributed by atoms with E-state index in [0.717, 1.165) is 37.3 Å². The molecule has 0 aliphatic carbocycles. The molecule has 116 valence electrons. The molecule has 1 aliphatic heterocycles. The predicted octanol–water partition coefficient (Wildman–Crippen LogP) is 1.87. The summed E-state index contributed by atoms with van der Waals surface area (Å²) in [6.45, 7) is 5.36. The Hall–Kier alpha value is -2.08. The summed E-state index contributed by atoms with van der Waals surface area (Å²) in [7, 11) is 0. The fourth-order valence-electron chi connectivity index (χ4n) is 2.71. The molecule has 1 aromatic carbocycles. The lowest BCUT2D eigenvalue weighted by atomic mass is 10.1. The van der Waals surface area contributed by atoms with Crippen LogP contribution in [0.5, 0.6) is 0 Å². The number of carbonyl (C=O) groups excluding carboxylic acids is 1. The minimum Gasteiger partial charge on any atom is -0.348 e. The number of hydrogen-bond acceptors (Lipinski definition) is 4. The highest BCUT2D eigenvalue weighted by molar-refractivity contribution is 6.04. The van der Waals surface area contributed by atoms with Gasteiger partial charge in [0, 0.05) is 18.7 Å². The van der Waals surface area contributed by atoms with Gasteiger partial charge in [0.15, 0.2) is 0 Å². The zero-order valence-corrected chi connectivity index (χ0v) is 12.7. The fourth-order valence-corrected chi connectivity index (χ4v) is 2.71. The topological polar surface area (TPSA) is 66.9 Å². The average Bonchev–Trinajstić information content (AvgIpc) is 2.49. The van der Waals surface area contributed by atoms with Crippen molar-refractivity contribution in [3.63, 3.8) is 0 Å². The normalized spacial score (nSPS) is 18.4. The third-order valence-electron chi connectivity index (χ3n) is 4.02. The van der Waals surface area contributed by atoms with Crippen LogP contribution >= 0.6 is 0 Å².